The number of amides is 1. The molecule has 1 unspecified atom stereocenters. The van der Waals surface area contributed by atoms with Crippen LogP contribution in [0.4, 0.5) is 0 Å². The normalized spacial score (nSPS) is 15.7. The predicted molar refractivity (Wildman–Crippen MR) is 75.1 cm³/mol. The van der Waals surface area contributed by atoms with Gasteiger partial charge in [0.05, 0.1) is 7.11 Å². The summed E-state index contributed by atoms with van der Waals surface area (Å²) in [6.45, 7) is 0.248. The molecule has 2 rings (SSSR count). The summed E-state index contributed by atoms with van der Waals surface area (Å²) < 4.78 is 4.58. The maximum atomic E-state index is 12.0. The molecule has 1 aromatic rings. The highest BCUT2D eigenvalue weighted by Gasteiger charge is 2.27. The van der Waals surface area contributed by atoms with Gasteiger partial charge in [-0.15, -0.1) is 0 Å². The van der Waals surface area contributed by atoms with Gasteiger partial charge in [-0.3, -0.25) is 9.59 Å². The van der Waals surface area contributed by atoms with Crippen molar-refractivity contribution in [2.24, 2.45) is 5.92 Å². The second-order valence-corrected chi connectivity index (χ2v) is 5.72. The smallest absolute Gasteiger partial charge is 0.321 e. The predicted octanol–water partition coefficient (Wildman–Crippen LogP) is 1.45. The average Bonchev–Trinajstić information content (AvgIpc) is 2.87. The number of hydrogen-bond donors (Lipinski definition) is 1. The van der Waals surface area contributed by atoms with Gasteiger partial charge in [-0.1, -0.05) is 40.2 Å². The van der Waals surface area contributed by atoms with Crippen molar-refractivity contribution in [1.29, 1.82) is 0 Å². The zero-order valence-corrected chi connectivity index (χ0v) is 12.3. The van der Waals surface area contributed by atoms with Crippen molar-refractivity contribution >= 4 is 27.8 Å². The van der Waals surface area contributed by atoms with Crippen LogP contribution >= 0.6 is 15.9 Å². The minimum Gasteiger partial charge on any atom is -0.468 e. The number of fused-ring (bicyclic) bond motifs is 1. The van der Waals surface area contributed by atoms with Crippen LogP contribution in [0, 0.1) is 5.92 Å². The summed E-state index contributed by atoms with van der Waals surface area (Å²) in [4.78, 5) is 22.8. The molecule has 0 saturated carbocycles. The quantitative estimate of drug-likeness (QED) is 0.673. The van der Waals surface area contributed by atoms with Crippen molar-refractivity contribution in [3.8, 4) is 0 Å². The van der Waals surface area contributed by atoms with E-state index >= 15 is 0 Å². The van der Waals surface area contributed by atoms with Crippen LogP contribution in [0.1, 0.15) is 11.1 Å². The number of benzene rings is 1. The van der Waals surface area contributed by atoms with Crippen LogP contribution in [0.15, 0.2) is 24.3 Å². The average molecular weight is 326 g/mol. The number of nitrogens with one attached hydrogen (secondary N) is 1. The van der Waals surface area contributed by atoms with Crippen molar-refractivity contribution in [1.82, 2.24) is 5.32 Å². The zero-order valence-electron chi connectivity index (χ0n) is 10.7. The monoisotopic (exact) mass is 325 g/mol. The summed E-state index contributed by atoms with van der Waals surface area (Å²) in [7, 11) is 1.33. The van der Waals surface area contributed by atoms with Crippen molar-refractivity contribution in [2.75, 3.05) is 13.7 Å². The Kier molecular flexibility index (Phi) is 4.58. The third-order valence-corrected chi connectivity index (χ3v) is 4.03. The Morgan fingerprint density at radius 3 is 2.47 bits per heavy atom. The van der Waals surface area contributed by atoms with E-state index in [0.717, 1.165) is 12.8 Å². The standard InChI is InChI=1S/C14H16BrNO3/c1-19-14(18)12(15)8-16-13(17)11-6-9-4-2-3-5-10(9)7-11/h2-5,11-12H,6-8H2,1H3,(H,16,17). The zero-order chi connectivity index (χ0) is 13.8. The van der Waals surface area contributed by atoms with Crippen LogP contribution in [0.3, 0.4) is 0 Å². The van der Waals surface area contributed by atoms with Crippen LogP contribution in [0.2, 0.25) is 0 Å². The molecule has 1 aliphatic rings. The van der Waals surface area contributed by atoms with E-state index in [0.29, 0.717) is 0 Å². The van der Waals surface area contributed by atoms with E-state index in [1.54, 1.807) is 0 Å². The highest BCUT2D eigenvalue weighted by Crippen LogP contribution is 2.26. The Bertz CT molecular complexity index is 464. The molecule has 19 heavy (non-hydrogen) atoms. The number of methoxy groups -OCH3 is 1. The summed E-state index contributed by atoms with van der Waals surface area (Å²) in [5.41, 5.74) is 2.48. The SMILES string of the molecule is COC(=O)C(Br)CNC(=O)C1Cc2ccccc2C1. The number of hydrogen-bond acceptors (Lipinski definition) is 3. The highest BCUT2D eigenvalue weighted by atomic mass is 79.9. The summed E-state index contributed by atoms with van der Waals surface area (Å²) in [5, 5.41) is 2.79. The number of carbonyl (C=O) groups is 2. The molecule has 1 aromatic carbocycles. The van der Waals surface area contributed by atoms with Crippen LogP contribution in [0.25, 0.3) is 0 Å². The third-order valence-electron chi connectivity index (χ3n) is 3.33. The van der Waals surface area contributed by atoms with E-state index in [4.69, 9.17) is 0 Å². The molecule has 0 fully saturated rings. The van der Waals surface area contributed by atoms with Gasteiger partial charge in [-0.05, 0) is 24.0 Å². The molecular weight excluding hydrogens is 310 g/mol. The fraction of sp³-hybridized carbons (Fsp3) is 0.429. The Balaban J connectivity index is 1.85. The van der Waals surface area contributed by atoms with E-state index in [1.165, 1.54) is 18.2 Å². The van der Waals surface area contributed by atoms with Gasteiger partial charge in [0.1, 0.15) is 4.83 Å². The maximum Gasteiger partial charge on any atom is 0.321 e. The number of rotatable bonds is 4. The first-order valence-electron chi connectivity index (χ1n) is 6.18. The lowest BCUT2D eigenvalue weighted by Gasteiger charge is -2.12. The topological polar surface area (TPSA) is 55.4 Å². The molecule has 5 heteroatoms. The van der Waals surface area contributed by atoms with Gasteiger partial charge < -0.3 is 10.1 Å². The maximum absolute atomic E-state index is 12.0. The lowest BCUT2D eigenvalue weighted by Crippen LogP contribution is -2.37. The van der Waals surface area contributed by atoms with E-state index in [2.05, 4.69) is 38.1 Å². The molecule has 0 aliphatic heterocycles. The summed E-state index contributed by atoms with van der Waals surface area (Å²) in [6.07, 6.45) is 1.54. The first kappa shape index (κ1) is 14.1. The van der Waals surface area contributed by atoms with Gasteiger partial charge in [0.2, 0.25) is 5.91 Å². The van der Waals surface area contributed by atoms with Crippen LogP contribution in [-0.4, -0.2) is 30.4 Å². The van der Waals surface area contributed by atoms with E-state index in [1.807, 2.05) is 12.1 Å². The molecule has 102 valence electrons. The molecule has 0 heterocycles. The fourth-order valence-corrected chi connectivity index (χ4v) is 2.64. The van der Waals surface area contributed by atoms with Gasteiger partial charge in [0.15, 0.2) is 0 Å². The number of carbonyl (C=O) groups excluding carboxylic acids is 2. The Labute approximate surface area is 120 Å². The highest BCUT2D eigenvalue weighted by molar-refractivity contribution is 9.10. The molecule has 1 N–H and O–H groups in total. The van der Waals surface area contributed by atoms with Gasteiger partial charge in [0.25, 0.3) is 0 Å². The molecule has 1 aliphatic carbocycles. The van der Waals surface area contributed by atoms with E-state index < -0.39 is 4.83 Å². The Hall–Kier alpha value is -1.36. The molecule has 4 nitrogen and oxygen atoms in total. The lowest BCUT2D eigenvalue weighted by atomic mass is 10.1. The second-order valence-electron chi connectivity index (χ2n) is 4.61. The molecule has 0 spiro atoms. The summed E-state index contributed by atoms with van der Waals surface area (Å²) >= 11 is 3.18. The first-order chi connectivity index (χ1) is 9.11. The van der Waals surface area contributed by atoms with Crippen molar-refractivity contribution in [3.63, 3.8) is 0 Å². The molecule has 0 aromatic heterocycles. The van der Waals surface area contributed by atoms with Crippen molar-refractivity contribution in [2.45, 2.75) is 17.7 Å². The van der Waals surface area contributed by atoms with Gasteiger partial charge in [0, 0.05) is 12.5 Å². The number of alkyl halides is 1. The lowest BCUT2D eigenvalue weighted by molar-refractivity contribution is -0.139. The molecule has 1 amide bonds. The number of esters is 1. The molecule has 0 radical (unpaired) electrons. The van der Waals surface area contributed by atoms with Gasteiger partial charge in [-0.2, -0.15) is 0 Å². The first-order valence-corrected chi connectivity index (χ1v) is 7.09. The minimum absolute atomic E-state index is 0.00967. The Morgan fingerprint density at radius 1 is 1.37 bits per heavy atom. The third kappa shape index (κ3) is 3.35. The minimum atomic E-state index is -0.495. The molecule has 1 atom stereocenters. The molecule has 0 bridgehead atoms. The second kappa shape index (κ2) is 6.19. The number of ether oxygens (including phenoxy) is 1. The number of halogens is 1. The van der Waals surface area contributed by atoms with E-state index in [9.17, 15) is 9.59 Å². The molecular formula is C14H16BrNO3. The Morgan fingerprint density at radius 2 is 1.95 bits per heavy atom. The van der Waals surface area contributed by atoms with Crippen LogP contribution in [0.5, 0.6) is 0 Å². The van der Waals surface area contributed by atoms with Crippen LogP contribution in [-0.2, 0) is 27.2 Å². The van der Waals surface area contributed by atoms with Gasteiger partial charge in [-0.25, -0.2) is 0 Å². The van der Waals surface area contributed by atoms with Gasteiger partial charge >= 0.3 is 5.97 Å². The van der Waals surface area contributed by atoms with Crippen molar-refractivity contribution < 1.29 is 14.3 Å². The van der Waals surface area contributed by atoms with Crippen molar-refractivity contribution in [3.05, 3.63) is 35.4 Å². The van der Waals surface area contributed by atoms with E-state index in [-0.39, 0.29) is 24.3 Å². The molecule has 0 saturated heterocycles. The summed E-state index contributed by atoms with van der Waals surface area (Å²) in [5.74, 6) is -0.422. The fourth-order valence-electron chi connectivity index (χ4n) is 2.29. The summed E-state index contributed by atoms with van der Waals surface area (Å²) in [6, 6.07) is 8.10. The van der Waals surface area contributed by atoms with Crippen LogP contribution < -0.4 is 5.32 Å². The largest absolute Gasteiger partial charge is 0.468 e.